The zero-order chi connectivity index (χ0) is 29.2. The average molecular weight is 561 g/mol. The van der Waals surface area contributed by atoms with Crippen molar-refractivity contribution < 1.29 is 19.1 Å². The fourth-order valence-corrected chi connectivity index (χ4v) is 4.38. The molecule has 42 heavy (non-hydrogen) atoms. The summed E-state index contributed by atoms with van der Waals surface area (Å²) in [4.78, 5) is 45.8. The average Bonchev–Trinajstić information content (AvgIpc) is 3.39. The van der Waals surface area contributed by atoms with E-state index in [1.54, 1.807) is 24.5 Å². The van der Waals surface area contributed by atoms with Crippen molar-refractivity contribution >= 4 is 29.2 Å². The van der Waals surface area contributed by atoms with Gasteiger partial charge >= 0.3 is 0 Å². The molecule has 0 saturated heterocycles. The number of halogens is 1. The lowest BCUT2D eigenvalue weighted by molar-refractivity contribution is 0.0951. The van der Waals surface area contributed by atoms with E-state index in [0.29, 0.717) is 46.0 Å². The van der Waals surface area contributed by atoms with Gasteiger partial charge in [-0.1, -0.05) is 12.1 Å². The predicted molar refractivity (Wildman–Crippen MR) is 152 cm³/mol. The summed E-state index contributed by atoms with van der Waals surface area (Å²) in [5.41, 5.74) is 9.96. The number of hydrogen-bond acceptors (Lipinski definition) is 9. The first-order valence-corrected chi connectivity index (χ1v) is 12.7. The largest absolute Gasteiger partial charge is 0.507 e. The Hall–Kier alpha value is -6.04. The van der Waals surface area contributed by atoms with Gasteiger partial charge in [-0.25, -0.2) is 29.3 Å². The van der Waals surface area contributed by atoms with E-state index >= 15 is 0 Å². The van der Waals surface area contributed by atoms with Crippen molar-refractivity contribution in [1.29, 1.82) is 0 Å². The second-order valence-corrected chi connectivity index (χ2v) is 9.21. The first kappa shape index (κ1) is 26.2. The van der Waals surface area contributed by atoms with Gasteiger partial charge in [0.15, 0.2) is 23.6 Å². The Labute approximate surface area is 237 Å². The Bertz CT molecular complexity index is 1960. The summed E-state index contributed by atoms with van der Waals surface area (Å²) in [5, 5.41) is 12.5. The SMILES string of the molecule is Nc1ncccc1-c1nc2cnc(-c3ccc(F)cn3)nc2n1-c1ccc(CNC(=O)c2ccc(O)c(C=O)c2)cc1. The molecule has 0 saturated carbocycles. The predicted octanol–water partition coefficient (Wildman–Crippen LogP) is 4.11. The Balaban J connectivity index is 1.35. The third kappa shape index (κ3) is 4.99. The quantitative estimate of drug-likeness (QED) is 0.244. The number of aldehydes is 1. The van der Waals surface area contributed by atoms with E-state index in [2.05, 4.69) is 20.3 Å². The molecule has 6 rings (SSSR count). The molecule has 4 heterocycles. The number of carbonyl (C=O) groups excluding carboxylic acids is 2. The molecule has 0 spiro atoms. The Morgan fingerprint density at radius 3 is 2.57 bits per heavy atom. The van der Waals surface area contributed by atoms with E-state index in [-0.39, 0.29) is 29.2 Å². The number of phenols is 1. The second kappa shape index (κ2) is 10.8. The number of hydrogen-bond donors (Lipinski definition) is 3. The van der Waals surface area contributed by atoms with Gasteiger partial charge in [0.25, 0.3) is 5.91 Å². The molecule has 0 unspecified atom stereocenters. The van der Waals surface area contributed by atoms with E-state index in [1.165, 1.54) is 30.3 Å². The van der Waals surface area contributed by atoms with Crippen LogP contribution >= 0.6 is 0 Å². The first-order valence-electron chi connectivity index (χ1n) is 12.7. The van der Waals surface area contributed by atoms with Gasteiger partial charge in [0, 0.05) is 24.0 Å². The second-order valence-electron chi connectivity index (χ2n) is 9.21. The molecule has 4 N–H and O–H groups in total. The van der Waals surface area contributed by atoms with Crippen molar-refractivity contribution in [3.8, 4) is 34.3 Å². The number of fused-ring (bicyclic) bond motifs is 1. The number of phenolic OH excluding ortho intramolecular Hbond substituents is 1. The van der Waals surface area contributed by atoms with Gasteiger partial charge < -0.3 is 16.2 Å². The molecule has 2 aromatic carbocycles. The number of imidazole rings is 1. The lowest BCUT2D eigenvalue weighted by Gasteiger charge is -2.12. The van der Waals surface area contributed by atoms with Crippen LogP contribution in [0.3, 0.4) is 0 Å². The van der Waals surface area contributed by atoms with Crippen LogP contribution in [0.1, 0.15) is 26.3 Å². The molecule has 0 aliphatic carbocycles. The fourth-order valence-electron chi connectivity index (χ4n) is 4.38. The smallest absolute Gasteiger partial charge is 0.251 e. The maximum atomic E-state index is 13.5. The third-order valence-electron chi connectivity index (χ3n) is 6.50. The highest BCUT2D eigenvalue weighted by Gasteiger charge is 2.19. The number of aromatic hydroxyl groups is 1. The summed E-state index contributed by atoms with van der Waals surface area (Å²) in [5.74, 6) is 0.0193. The topological polar surface area (TPSA) is 162 Å². The number of carbonyl (C=O) groups is 2. The van der Waals surface area contributed by atoms with Crippen molar-refractivity contribution in [3.05, 3.63) is 108 Å². The zero-order valence-corrected chi connectivity index (χ0v) is 21.8. The molecule has 0 radical (unpaired) electrons. The molecule has 1 amide bonds. The molecule has 4 aromatic heterocycles. The summed E-state index contributed by atoms with van der Waals surface area (Å²) in [7, 11) is 0. The van der Waals surface area contributed by atoms with Crippen molar-refractivity contribution in [2.45, 2.75) is 6.54 Å². The number of anilines is 1. The zero-order valence-electron chi connectivity index (χ0n) is 21.8. The van der Waals surface area contributed by atoms with E-state index < -0.39 is 11.7 Å². The van der Waals surface area contributed by atoms with E-state index in [9.17, 15) is 19.1 Å². The highest BCUT2D eigenvalue weighted by atomic mass is 19.1. The fraction of sp³-hybridized carbons (Fsp3) is 0.0333. The van der Waals surface area contributed by atoms with Gasteiger partial charge in [-0.05, 0) is 60.2 Å². The molecule has 11 nitrogen and oxygen atoms in total. The first-order chi connectivity index (χ1) is 20.4. The monoisotopic (exact) mass is 560 g/mol. The number of nitrogens with one attached hydrogen (secondary N) is 1. The summed E-state index contributed by atoms with van der Waals surface area (Å²) >= 11 is 0. The van der Waals surface area contributed by atoms with Gasteiger partial charge in [0.1, 0.15) is 28.6 Å². The molecular weight excluding hydrogens is 539 g/mol. The normalized spacial score (nSPS) is 11.0. The van der Waals surface area contributed by atoms with Gasteiger partial charge in [-0.15, -0.1) is 0 Å². The molecule has 0 bridgehead atoms. The lowest BCUT2D eigenvalue weighted by atomic mass is 10.1. The van der Waals surface area contributed by atoms with E-state index in [1.807, 2.05) is 28.8 Å². The van der Waals surface area contributed by atoms with Crippen LogP contribution in [0.25, 0.3) is 39.8 Å². The number of nitrogens with two attached hydrogens (primary N) is 1. The number of benzene rings is 2. The van der Waals surface area contributed by atoms with Crippen molar-refractivity contribution in [2.24, 2.45) is 0 Å². The number of pyridine rings is 2. The summed E-state index contributed by atoms with van der Waals surface area (Å²) in [6.07, 6.45) is 4.74. The minimum absolute atomic E-state index is 0.0341. The van der Waals surface area contributed by atoms with Crippen LogP contribution in [0.5, 0.6) is 5.75 Å². The van der Waals surface area contributed by atoms with Crippen LogP contribution in [0.4, 0.5) is 10.2 Å². The van der Waals surface area contributed by atoms with E-state index in [4.69, 9.17) is 15.7 Å². The maximum absolute atomic E-state index is 13.5. The molecule has 0 aliphatic heterocycles. The number of rotatable bonds is 7. The Morgan fingerprint density at radius 2 is 1.83 bits per heavy atom. The molecule has 0 atom stereocenters. The van der Waals surface area contributed by atoms with Crippen molar-refractivity contribution in [1.82, 2.24) is 34.8 Å². The number of amides is 1. The number of nitrogen functional groups attached to an aromatic ring is 1. The summed E-state index contributed by atoms with van der Waals surface area (Å²) < 4.78 is 15.3. The minimum atomic E-state index is -0.468. The van der Waals surface area contributed by atoms with Gasteiger partial charge in [0.05, 0.1) is 23.5 Å². The molecule has 0 aliphatic rings. The molecule has 12 heteroatoms. The number of aromatic nitrogens is 6. The minimum Gasteiger partial charge on any atom is -0.507 e. The Kier molecular flexibility index (Phi) is 6.77. The van der Waals surface area contributed by atoms with Gasteiger partial charge in [0.2, 0.25) is 0 Å². The van der Waals surface area contributed by atoms with Crippen molar-refractivity contribution in [3.63, 3.8) is 0 Å². The van der Waals surface area contributed by atoms with Crippen LogP contribution in [0.15, 0.2) is 85.3 Å². The maximum Gasteiger partial charge on any atom is 0.251 e. The van der Waals surface area contributed by atoms with Gasteiger partial charge in [-0.3, -0.25) is 14.2 Å². The summed E-state index contributed by atoms with van der Waals surface area (Å²) in [6.45, 7) is 0.214. The summed E-state index contributed by atoms with van der Waals surface area (Å²) in [6, 6.07) is 17.8. The lowest BCUT2D eigenvalue weighted by Crippen LogP contribution is -2.22. The molecule has 0 fully saturated rings. The molecule has 6 aromatic rings. The molecule has 206 valence electrons. The van der Waals surface area contributed by atoms with E-state index in [0.717, 1.165) is 11.8 Å². The highest BCUT2D eigenvalue weighted by molar-refractivity contribution is 5.96. The Morgan fingerprint density at radius 1 is 1.00 bits per heavy atom. The van der Waals surface area contributed by atoms with Crippen LogP contribution in [0.2, 0.25) is 0 Å². The number of nitrogens with zero attached hydrogens (tertiary/aromatic N) is 6. The highest BCUT2D eigenvalue weighted by Crippen LogP contribution is 2.31. The van der Waals surface area contributed by atoms with Gasteiger partial charge in [-0.2, -0.15) is 0 Å². The van der Waals surface area contributed by atoms with Crippen LogP contribution in [-0.4, -0.2) is 46.8 Å². The molecular formula is C30H21FN8O3. The third-order valence-corrected chi connectivity index (χ3v) is 6.50. The van der Waals surface area contributed by atoms with Crippen LogP contribution < -0.4 is 11.1 Å². The van der Waals surface area contributed by atoms with Crippen LogP contribution in [-0.2, 0) is 6.54 Å². The van der Waals surface area contributed by atoms with Crippen LogP contribution in [0, 0.1) is 5.82 Å². The standard InChI is InChI=1S/C30H21FN8O3/c31-20-6-9-23(34-14-20)27-35-15-24-29(38-27)39(28(37-24)22-2-1-11-33-26(22)32)21-7-3-17(4-8-21)13-36-30(42)18-5-10-25(41)19(12-18)16-40/h1-12,14-16,41H,13H2,(H2,32,33)(H,36,42). The van der Waals surface area contributed by atoms with Crippen molar-refractivity contribution in [2.75, 3.05) is 5.73 Å².